The van der Waals surface area contributed by atoms with Gasteiger partial charge in [-0.05, 0) is 36.0 Å². The molecule has 4 nitrogen and oxygen atoms in total. The standard InChI is InChI=1S/C15H16BrN3O/c1-3-19-15(12(16)8-18-19)14(17-2)11-9-20-13-7-5-4-6-10(11)13/h4-9,14,17H,3H2,1-2H3. The van der Waals surface area contributed by atoms with E-state index >= 15 is 0 Å². The van der Waals surface area contributed by atoms with Crippen LogP contribution < -0.4 is 5.32 Å². The van der Waals surface area contributed by atoms with Crippen LogP contribution in [0.1, 0.15) is 24.2 Å². The maximum atomic E-state index is 5.66. The molecule has 104 valence electrons. The van der Waals surface area contributed by atoms with Crippen molar-refractivity contribution in [1.29, 1.82) is 0 Å². The van der Waals surface area contributed by atoms with Crippen LogP contribution in [0, 0.1) is 0 Å². The number of nitrogens with one attached hydrogen (secondary N) is 1. The van der Waals surface area contributed by atoms with Gasteiger partial charge in [0.25, 0.3) is 0 Å². The van der Waals surface area contributed by atoms with Crippen LogP contribution in [0.5, 0.6) is 0 Å². The average molecular weight is 334 g/mol. The van der Waals surface area contributed by atoms with Crippen molar-refractivity contribution in [2.45, 2.75) is 19.5 Å². The number of nitrogens with zero attached hydrogens (tertiary/aromatic N) is 2. The third-order valence-electron chi connectivity index (χ3n) is 3.52. The van der Waals surface area contributed by atoms with Crippen LogP contribution in [0.25, 0.3) is 11.0 Å². The van der Waals surface area contributed by atoms with E-state index in [0.717, 1.165) is 33.2 Å². The summed E-state index contributed by atoms with van der Waals surface area (Å²) in [5.74, 6) is 0. The lowest BCUT2D eigenvalue weighted by molar-refractivity contribution is 0.551. The van der Waals surface area contributed by atoms with Crippen LogP contribution in [0.3, 0.4) is 0 Å². The minimum atomic E-state index is 0.0375. The zero-order valence-corrected chi connectivity index (χ0v) is 13.0. The molecule has 0 aliphatic heterocycles. The maximum absolute atomic E-state index is 5.66. The van der Waals surface area contributed by atoms with Crippen molar-refractivity contribution in [3.05, 3.63) is 52.5 Å². The number of halogens is 1. The van der Waals surface area contributed by atoms with Crippen molar-refractivity contribution in [2.75, 3.05) is 7.05 Å². The molecule has 0 aliphatic rings. The predicted octanol–water partition coefficient (Wildman–Crippen LogP) is 3.72. The number of fused-ring (bicyclic) bond motifs is 1. The molecule has 0 spiro atoms. The Bertz CT molecular complexity index is 732. The number of para-hydroxylation sites is 1. The Morgan fingerprint density at radius 1 is 1.40 bits per heavy atom. The van der Waals surface area contributed by atoms with Gasteiger partial charge >= 0.3 is 0 Å². The first kappa shape index (κ1) is 13.4. The molecule has 0 amide bonds. The third-order valence-corrected chi connectivity index (χ3v) is 4.13. The molecule has 5 heteroatoms. The van der Waals surface area contributed by atoms with E-state index in [1.165, 1.54) is 0 Å². The van der Waals surface area contributed by atoms with Crippen LogP contribution in [-0.2, 0) is 6.54 Å². The summed E-state index contributed by atoms with van der Waals surface area (Å²) in [6, 6.07) is 8.11. The Kier molecular flexibility index (Phi) is 3.63. The van der Waals surface area contributed by atoms with E-state index in [1.54, 1.807) is 0 Å². The van der Waals surface area contributed by atoms with Crippen LogP contribution >= 0.6 is 15.9 Å². The Morgan fingerprint density at radius 3 is 2.95 bits per heavy atom. The third kappa shape index (κ3) is 2.07. The van der Waals surface area contributed by atoms with E-state index in [2.05, 4.69) is 39.3 Å². The highest BCUT2D eigenvalue weighted by atomic mass is 79.9. The zero-order valence-electron chi connectivity index (χ0n) is 11.4. The van der Waals surface area contributed by atoms with Gasteiger partial charge in [-0.25, -0.2) is 0 Å². The number of aromatic nitrogens is 2. The first-order chi connectivity index (χ1) is 9.76. The monoisotopic (exact) mass is 333 g/mol. The molecule has 2 aromatic heterocycles. The Labute approximate surface area is 125 Å². The molecule has 1 unspecified atom stereocenters. The number of hydrogen-bond acceptors (Lipinski definition) is 3. The fraction of sp³-hybridized carbons (Fsp3) is 0.267. The summed E-state index contributed by atoms with van der Waals surface area (Å²) in [6.45, 7) is 2.91. The maximum Gasteiger partial charge on any atom is 0.134 e. The molecular weight excluding hydrogens is 318 g/mol. The summed E-state index contributed by atoms with van der Waals surface area (Å²) < 4.78 is 8.66. The number of benzene rings is 1. The van der Waals surface area contributed by atoms with Crippen molar-refractivity contribution in [2.24, 2.45) is 0 Å². The second kappa shape index (κ2) is 5.42. The highest BCUT2D eigenvalue weighted by Gasteiger charge is 2.23. The molecule has 0 fully saturated rings. The number of furan rings is 1. The Hall–Kier alpha value is -1.59. The summed E-state index contributed by atoms with van der Waals surface area (Å²) in [6.07, 6.45) is 3.66. The van der Waals surface area contributed by atoms with Gasteiger partial charge in [0.15, 0.2) is 0 Å². The van der Waals surface area contributed by atoms with Gasteiger partial charge in [0.2, 0.25) is 0 Å². The fourth-order valence-corrected chi connectivity index (χ4v) is 3.10. The summed E-state index contributed by atoms with van der Waals surface area (Å²) in [5, 5.41) is 8.88. The first-order valence-electron chi connectivity index (χ1n) is 6.60. The normalized spacial score (nSPS) is 12.9. The molecule has 2 heterocycles. The molecule has 0 bridgehead atoms. The summed E-state index contributed by atoms with van der Waals surface area (Å²) in [5.41, 5.74) is 3.14. The molecule has 1 aromatic carbocycles. The van der Waals surface area contributed by atoms with Crippen molar-refractivity contribution in [3.8, 4) is 0 Å². The SMILES string of the molecule is CCn1ncc(Br)c1C(NC)c1coc2ccccc12. The zero-order chi connectivity index (χ0) is 14.1. The van der Waals surface area contributed by atoms with Gasteiger partial charge in [0, 0.05) is 17.5 Å². The van der Waals surface area contributed by atoms with Crippen LogP contribution in [-0.4, -0.2) is 16.8 Å². The van der Waals surface area contributed by atoms with E-state index < -0.39 is 0 Å². The van der Waals surface area contributed by atoms with Crippen molar-refractivity contribution < 1.29 is 4.42 Å². The van der Waals surface area contributed by atoms with Crippen molar-refractivity contribution in [3.63, 3.8) is 0 Å². The first-order valence-corrected chi connectivity index (χ1v) is 7.40. The van der Waals surface area contributed by atoms with E-state index in [-0.39, 0.29) is 6.04 Å². The molecule has 3 aromatic rings. The van der Waals surface area contributed by atoms with E-state index in [1.807, 2.05) is 42.4 Å². The van der Waals surface area contributed by atoms with Crippen LogP contribution in [0.15, 0.2) is 45.6 Å². The summed E-state index contributed by atoms with van der Waals surface area (Å²) in [4.78, 5) is 0. The minimum absolute atomic E-state index is 0.0375. The van der Waals surface area contributed by atoms with Gasteiger partial charge in [-0.2, -0.15) is 5.10 Å². The van der Waals surface area contributed by atoms with Gasteiger partial charge < -0.3 is 9.73 Å². The molecule has 3 rings (SSSR count). The number of aryl methyl sites for hydroxylation is 1. The lowest BCUT2D eigenvalue weighted by Gasteiger charge is -2.17. The number of rotatable bonds is 4. The van der Waals surface area contributed by atoms with Crippen molar-refractivity contribution >= 4 is 26.9 Å². The van der Waals surface area contributed by atoms with Gasteiger partial charge in [0.1, 0.15) is 5.58 Å². The second-order valence-corrected chi connectivity index (χ2v) is 5.46. The quantitative estimate of drug-likeness (QED) is 0.791. The molecule has 1 atom stereocenters. The molecule has 0 saturated heterocycles. The smallest absolute Gasteiger partial charge is 0.134 e. The minimum Gasteiger partial charge on any atom is -0.464 e. The topological polar surface area (TPSA) is 43.0 Å². The molecule has 0 saturated carbocycles. The molecule has 0 radical (unpaired) electrons. The second-order valence-electron chi connectivity index (χ2n) is 4.60. The van der Waals surface area contributed by atoms with E-state index in [4.69, 9.17) is 4.42 Å². The average Bonchev–Trinajstić information content (AvgIpc) is 3.06. The Morgan fingerprint density at radius 2 is 2.20 bits per heavy atom. The number of hydrogen-bond donors (Lipinski definition) is 1. The van der Waals surface area contributed by atoms with E-state index in [0.29, 0.717) is 0 Å². The molecular formula is C15H16BrN3O. The lowest BCUT2D eigenvalue weighted by atomic mass is 10.0. The summed E-state index contributed by atoms with van der Waals surface area (Å²) >= 11 is 3.60. The summed E-state index contributed by atoms with van der Waals surface area (Å²) in [7, 11) is 1.95. The lowest BCUT2D eigenvalue weighted by Crippen LogP contribution is -2.21. The van der Waals surface area contributed by atoms with Gasteiger partial charge in [0.05, 0.1) is 28.7 Å². The fourth-order valence-electron chi connectivity index (χ4n) is 2.57. The highest BCUT2D eigenvalue weighted by molar-refractivity contribution is 9.10. The predicted molar refractivity (Wildman–Crippen MR) is 82.7 cm³/mol. The van der Waals surface area contributed by atoms with Crippen LogP contribution in [0.2, 0.25) is 0 Å². The van der Waals surface area contributed by atoms with Crippen molar-refractivity contribution in [1.82, 2.24) is 15.1 Å². The van der Waals surface area contributed by atoms with Gasteiger partial charge in [-0.3, -0.25) is 4.68 Å². The van der Waals surface area contributed by atoms with Gasteiger partial charge in [-0.1, -0.05) is 18.2 Å². The molecule has 20 heavy (non-hydrogen) atoms. The van der Waals surface area contributed by atoms with Crippen LogP contribution in [0.4, 0.5) is 0 Å². The largest absolute Gasteiger partial charge is 0.464 e. The van der Waals surface area contributed by atoms with Gasteiger partial charge in [-0.15, -0.1) is 0 Å². The highest BCUT2D eigenvalue weighted by Crippen LogP contribution is 2.33. The Balaban J connectivity index is 2.16. The molecule has 0 aliphatic carbocycles. The molecule has 1 N–H and O–H groups in total. The van der Waals surface area contributed by atoms with E-state index in [9.17, 15) is 0 Å².